The Balaban J connectivity index is 1.87. The summed E-state index contributed by atoms with van der Waals surface area (Å²) in [5, 5.41) is 11.6. The third-order valence-corrected chi connectivity index (χ3v) is 7.04. The van der Waals surface area contributed by atoms with E-state index in [-0.39, 0.29) is 29.1 Å². The van der Waals surface area contributed by atoms with Crippen molar-refractivity contribution in [3.8, 4) is 0 Å². The van der Waals surface area contributed by atoms with Crippen LogP contribution in [0.5, 0.6) is 0 Å². The third-order valence-electron chi connectivity index (χ3n) is 4.15. The minimum atomic E-state index is -3.79. The largest absolute Gasteiger partial charge is 0.478 e. The first-order valence-electron chi connectivity index (χ1n) is 8.31. The first-order valence-corrected chi connectivity index (χ1v) is 10.5. The van der Waals surface area contributed by atoms with Crippen LogP contribution in [0.15, 0.2) is 51.8 Å². The van der Waals surface area contributed by atoms with E-state index in [4.69, 9.17) is 9.84 Å². The number of benzene rings is 2. The summed E-state index contributed by atoms with van der Waals surface area (Å²) in [6, 6.07) is 10.1. The number of rotatable bonds is 5. The number of nitrogens with zero attached hydrogens (tertiary/aromatic N) is 1. The molecule has 1 heterocycles. The van der Waals surface area contributed by atoms with Gasteiger partial charge in [0, 0.05) is 28.8 Å². The van der Waals surface area contributed by atoms with E-state index < -0.39 is 21.9 Å². The van der Waals surface area contributed by atoms with E-state index in [1.807, 2.05) is 0 Å². The summed E-state index contributed by atoms with van der Waals surface area (Å²) >= 11 is 3.24. The molecule has 8 nitrogen and oxygen atoms in total. The summed E-state index contributed by atoms with van der Waals surface area (Å²) in [6.07, 6.45) is 0. The minimum absolute atomic E-state index is 0.0127. The van der Waals surface area contributed by atoms with Crippen LogP contribution in [0, 0.1) is 0 Å². The molecule has 2 aromatic carbocycles. The van der Waals surface area contributed by atoms with Crippen molar-refractivity contribution < 1.29 is 27.9 Å². The third kappa shape index (κ3) is 4.41. The fourth-order valence-corrected chi connectivity index (χ4v) is 5.06. The van der Waals surface area contributed by atoms with E-state index in [0.717, 1.165) is 0 Å². The number of carbonyl (C=O) groups excluding carboxylic acids is 1. The van der Waals surface area contributed by atoms with Gasteiger partial charge in [0.1, 0.15) is 0 Å². The van der Waals surface area contributed by atoms with Gasteiger partial charge in [-0.2, -0.15) is 4.31 Å². The van der Waals surface area contributed by atoms with Crippen LogP contribution in [0.1, 0.15) is 20.7 Å². The summed E-state index contributed by atoms with van der Waals surface area (Å²) in [5.74, 6) is -1.66. The quantitative estimate of drug-likeness (QED) is 0.696. The molecule has 1 aliphatic heterocycles. The van der Waals surface area contributed by atoms with Crippen molar-refractivity contribution in [2.75, 3.05) is 31.6 Å². The smallest absolute Gasteiger partial charge is 0.335 e. The summed E-state index contributed by atoms with van der Waals surface area (Å²) in [5.41, 5.74) is 0.463. The predicted molar refractivity (Wildman–Crippen MR) is 105 cm³/mol. The van der Waals surface area contributed by atoms with Crippen LogP contribution < -0.4 is 5.32 Å². The van der Waals surface area contributed by atoms with E-state index in [1.54, 1.807) is 6.07 Å². The second-order valence-electron chi connectivity index (χ2n) is 6.00. The molecule has 0 atom stereocenters. The number of carboxylic acid groups (broad SMARTS) is 1. The number of nitrogens with one attached hydrogen (secondary N) is 1. The Morgan fingerprint density at radius 3 is 2.46 bits per heavy atom. The number of carbonyl (C=O) groups is 2. The number of aromatic carboxylic acids is 1. The number of carboxylic acids is 1. The number of ether oxygens (including phenoxy) is 1. The molecule has 2 aromatic rings. The molecular weight excluding hydrogens is 452 g/mol. The van der Waals surface area contributed by atoms with Gasteiger partial charge in [-0.25, -0.2) is 13.2 Å². The number of morpholine rings is 1. The summed E-state index contributed by atoms with van der Waals surface area (Å²) in [7, 11) is -3.79. The van der Waals surface area contributed by atoms with Crippen LogP contribution in [0.2, 0.25) is 0 Å². The van der Waals surface area contributed by atoms with Gasteiger partial charge >= 0.3 is 5.97 Å². The lowest BCUT2D eigenvalue weighted by Crippen LogP contribution is -2.40. The Bertz CT molecular complexity index is 1020. The Labute approximate surface area is 170 Å². The molecule has 0 bridgehead atoms. The van der Waals surface area contributed by atoms with Crippen molar-refractivity contribution in [2.45, 2.75) is 4.90 Å². The lowest BCUT2D eigenvalue weighted by Gasteiger charge is -2.26. The molecule has 148 valence electrons. The van der Waals surface area contributed by atoms with Crippen LogP contribution in [-0.2, 0) is 14.8 Å². The summed E-state index contributed by atoms with van der Waals surface area (Å²) < 4.78 is 32.7. The van der Waals surface area contributed by atoms with Crippen LogP contribution in [-0.4, -0.2) is 56.0 Å². The average molecular weight is 469 g/mol. The molecule has 1 saturated heterocycles. The molecule has 0 radical (unpaired) electrons. The molecule has 0 aromatic heterocycles. The molecule has 3 rings (SSSR count). The Morgan fingerprint density at radius 2 is 1.79 bits per heavy atom. The van der Waals surface area contributed by atoms with E-state index >= 15 is 0 Å². The Kier molecular flexibility index (Phi) is 6.14. The molecule has 1 aliphatic rings. The fourth-order valence-electron chi connectivity index (χ4n) is 2.70. The second kappa shape index (κ2) is 8.39. The maximum atomic E-state index is 12.9. The van der Waals surface area contributed by atoms with Gasteiger partial charge in [-0.3, -0.25) is 4.79 Å². The molecule has 2 N–H and O–H groups in total. The molecular formula is C18H17BrN2O6S. The SMILES string of the molecule is O=C(O)c1cccc(NC(=O)c2ccc(Br)c(S(=O)(=O)N3CCOCC3)c2)c1. The number of amides is 1. The second-order valence-corrected chi connectivity index (χ2v) is 8.76. The highest BCUT2D eigenvalue weighted by Crippen LogP contribution is 2.27. The molecule has 0 aliphatic carbocycles. The number of hydrogen-bond donors (Lipinski definition) is 2. The van der Waals surface area contributed by atoms with Crippen molar-refractivity contribution >= 4 is 43.5 Å². The Hall–Kier alpha value is -2.27. The van der Waals surface area contributed by atoms with Gasteiger partial charge in [0.2, 0.25) is 10.0 Å². The highest BCUT2D eigenvalue weighted by atomic mass is 79.9. The predicted octanol–water partition coefficient (Wildman–Crippen LogP) is 2.42. The minimum Gasteiger partial charge on any atom is -0.478 e. The van der Waals surface area contributed by atoms with Gasteiger partial charge < -0.3 is 15.2 Å². The van der Waals surface area contributed by atoms with Crippen LogP contribution in [0.25, 0.3) is 0 Å². The maximum absolute atomic E-state index is 12.9. The number of hydrogen-bond acceptors (Lipinski definition) is 5. The van der Waals surface area contributed by atoms with Crippen molar-refractivity contribution in [1.82, 2.24) is 4.31 Å². The van der Waals surface area contributed by atoms with E-state index in [1.165, 1.54) is 40.7 Å². The normalized spacial score (nSPS) is 15.2. The zero-order chi connectivity index (χ0) is 20.3. The zero-order valence-electron chi connectivity index (χ0n) is 14.6. The molecule has 1 amide bonds. The maximum Gasteiger partial charge on any atom is 0.335 e. The Morgan fingerprint density at radius 1 is 1.07 bits per heavy atom. The molecule has 0 unspecified atom stereocenters. The van der Waals surface area contributed by atoms with E-state index in [2.05, 4.69) is 21.2 Å². The van der Waals surface area contributed by atoms with Crippen molar-refractivity contribution in [1.29, 1.82) is 0 Å². The van der Waals surface area contributed by atoms with Gasteiger partial charge in [0.25, 0.3) is 5.91 Å². The van der Waals surface area contributed by atoms with E-state index in [9.17, 15) is 18.0 Å². The van der Waals surface area contributed by atoms with Gasteiger partial charge in [-0.05, 0) is 52.3 Å². The highest BCUT2D eigenvalue weighted by Gasteiger charge is 2.29. The summed E-state index contributed by atoms with van der Waals surface area (Å²) in [4.78, 5) is 23.6. The zero-order valence-corrected chi connectivity index (χ0v) is 17.0. The topological polar surface area (TPSA) is 113 Å². The number of sulfonamides is 1. The van der Waals surface area contributed by atoms with Gasteiger partial charge in [0.05, 0.1) is 23.7 Å². The van der Waals surface area contributed by atoms with Crippen LogP contribution in [0.3, 0.4) is 0 Å². The van der Waals surface area contributed by atoms with Gasteiger partial charge in [0.15, 0.2) is 0 Å². The molecule has 0 saturated carbocycles. The molecule has 1 fully saturated rings. The molecule has 28 heavy (non-hydrogen) atoms. The van der Waals surface area contributed by atoms with Crippen LogP contribution >= 0.6 is 15.9 Å². The highest BCUT2D eigenvalue weighted by molar-refractivity contribution is 9.10. The lowest BCUT2D eigenvalue weighted by atomic mass is 10.1. The average Bonchev–Trinajstić information content (AvgIpc) is 2.69. The lowest BCUT2D eigenvalue weighted by molar-refractivity contribution is 0.0696. The van der Waals surface area contributed by atoms with Gasteiger partial charge in [-0.1, -0.05) is 6.07 Å². The van der Waals surface area contributed by atoms with Crippen LogP contribution in [0.4, 0.5) is 5.69 Å². The van der Waals surface area contributed by atoms with Crippen molar-refractivity contribution in [3.63, 3.8) is 0 Å². The number of halogens is 1. The summed E-state index contributed by atoms with van der Waals surface area (Å²) in [6.45, 7) is 1.12. The first kappa shape index (κ1) is 20.5. The van der Waals surface area contributed by atoms with Crippen molar-refractivity contribution in [3.05, 3.63) is 58.1 Å². The monoisotopic (exact) mass is 468 g/mol. The molecule has 0 spiro atoms. The van der Waals surface area contributed by atoms with Gasteiger partial charge in [-0.15, -0.1) is 0 Å². The van der Waals surface area contributed by atoms with Crippen molar-refractivity contribution in [2.24, 2.45) is 0 Å². The standard InChI is InChI=1S/C18H17BrN2O6S/c19-15-5-4-12(11-16(15)28(25,26)21-6-8-27-9-7-21)17(22)20-14-3-1-2-13(10-14)18(23)24/h1-5,10-11H,6-9H2,(H,20,22)(H,23,24). The fraction of sp³-hybridized carbons (Fsp3) is 0.222. The molecule has 10 heteroatoms. The number of anilines is 1. The van der Waals surface area contributed by atoms with E-state index in [0.29, 0.717) is 23.4 Å². The first-order chi connectivity index (χ1) is 13.3.